The SMILES string of the molecule is CC1=C(CC(=O)Oc2ccc(OC(=O)CC(CO[N+](=O)[O-])O[N+](=O)[O-])c(C(=O)Oc3ccc(-c4cc(=S)ss4)cc3)c2)c2cc(F)ccc2C1=Cc1ccc(S(C)=O)cc1. The second kappa shape index (κ2) is 19.1. The quantitative estimate of drug-likeness (QED) is 0.0227. The topological polar surface area (TPSA) is 201 Å². The van der Waals surface area contributed by atoms with Gasteiger partial charge in [-0.15, -0.1) is 20.2 Å². The summed E-state index contributed by atoms with van der Waals surface area (Å²) in [6.45, 7) is 0.802. The van der Waals surface area contributed by atoms with E-state index in [1.54, 1.807) is 55.6 Å². The van der Waals surface area contributed by atoms with Gasteiger partial charge in [0.25, 0.3) is 10.2 Å². The van der Waals surface area contributed by atoms with E-state index in [9.17, 15) is 43.2 Å². The fourth-order valence-corrected chi connectivity index (χ4v) is 8.92. The molecule has 308 valence electrons. The Hall–Kier alpha value is -6.48. The van der Waals surface area contributed by atoms with Gasteiger partial charge in [-0.3, -0.25) is 13.8 Å². The van der Waals surface area contributed by atoms with E-state index in [2.05, 4.69) is 9.68 Å². The number of esters is 3. The molecular weight excluding hydrogens is 864 g/mol. The lowest BCUT2D eigenvalue weighted by Gasteiger charge is -2.15. The zero-order chi connectivity index (χ0) is 43.1. The van der Waals surface area contributed by atoms with Gasteiger partial charge in [-0.1, -0.05) is 51.1 Å². The molecule has 5 aromatic rings. The Morgan fingerprint density at radius 2 is 1.57 bits per heavy atom. The lowest BCUT2D eigenvalue weighted by molar-refractivity contribution is -0.789. The van der Waals surface area contributed by atoms with E-state index < -0.39 is 75.1 Å². The standard InChI is InChI=1S/C40H29FN2O13S4/c1-22-31(15-23-3-11-29(12-4-23)60(2)51)30-13-7-25(41)16-33(30)32(22)19-38(45)53-27-10-14-35(55-37(44)18-28(56-43(49)50)21-52-42(47)48)34(17-27)40(46)54-26-8-5-24(6-9-26)36-20-39(57)59-58-36/h3-17,20,28H,18-19,21H2,1-2H3. The van der Waals surface area contributed by atoms with E-state index >= 15 is 0 Å². The normalized spacial score (nSPS) is 13.6. The molecule has 4 aromatic carbocycles. The number of nitrogens with zero attached hydrogens (tertiary/aromatic N) is 2. The molecule has 1 heterocycles. The number of carbonyl (C=O) groups excluding carboxylic acids is 3. The van der Waals surface area contributed by atoms with Gasteiger partial charge in [-0.25, -0.2) is 9.18 Å². The Balaban J connectivity index is 1.26. The van der Waals surface area contributed by atoms with E-state index in [1.807, 2.05) is 12.1 Å². The highest BCUT2D eigenvalue weighted by Gasteiger charge is 2.28. The molecule has 0 bridgehead atoms. The molecule has 0 fully saturated rings. The zero-order valence-electron chi connectivity index (χ0n) is 31.1. The van der Waals surface area contributed by atoms with Gasteiger partial charge >= 0.3 is 17.9 Å². The van der Waals surface area contributed by atoms with Crippen molar-refractivity contribution in [3.63, 3.8) is 0 Å². The molecule has 1 aromatic heterocycles. The highest BCUT2D eigenvalue weighted by atomic mass is 32.9. The Morgan fingerprint density at radius 3 is 2.22 bits per heavy atom. The second-order valence-corrected chi connectivity index (χ2v) is 17.0. The third kappa shape index (κ3) is 11.0. The fourth-order valence-electron chi connectivity index (χ4n) is 6.00. The molecule has 6 rings (SSSR count). The first-order valence-corrected chi connectivity index (χ1v) is 21.5. The summed E-state index contributed by atoms with van der Waals surface area (Å²) in [5.41, 5.74) is 4.25. The maximum atomic E-state index is 14.6. The van der Waals surface area contributed by atoms with Gasteiger partial charge in [0, 0.05) is 26.8 Å². The van der Waals surface area contributed by atoms with Crippen LogP contribution in [0.2, 0.25) is 0 Å². The van der Waals surface area contributed by atoms with Crippen molar-refractivity contribution >= 4 is 78.8 Å². The molecule has 2 atom stereocenters. The summed E-state index contributed by atoms with van der Waals surface area (Å²) in [4.78, 5) is 71.7. The number of hydrogen-bond donors (Lipinski definition) is 0. The lowest BCUT2D eigenvalue weighted by atomic mass is 10.0. The van der Waals surface area contributed by atoms with E-state index in [1.165, 1.54) is 51.0 Å². The van der Waals surface area contributed by atoms with Crippen LogP contribution in [0.25, 0.3) is 27.7 Å². The second-order valence-electron chi connectivity index (χ2n) is 12.7. The first-order valence-electron chi connectivity index (χ1n) is 17.4. The van der Waals surface area contributed by atoms with E-state index in [0.717, 1.165) is 33.7 Å². The van der Waals surface area contributed by atoms with Crippen LogP contribution in [0.15, 0.2) is 101 Å². The van der Waals surface area contributed by atoms with Crippen molar-refractivity contribution in [3.8, 4) is 27.7 Å². The minimum Gasteiger partial charge on any atom is -0.426 e. The van der Waals surface area contributed by atoms with Gasteiger partial charge in [-0.2, -0.15) is 0 Å². The monoisotopic (exact) mass is 892 g/mol. The molecule has 0 saturated heterocycles. The molecule has 0 amide bonds. The van der Waals surface area contributed by atoms with Gasteiger partial charge in [0.1, 0.15) is 45.2 Å². The third-order valence-corrected chi connectivity index (χ3v) is 12.6. The predicted molar refractivity (Wildman–Crippen MR) is 221 cm³/mol. The first-order chi connectivity index (χ1) is 28.6. The third-order valence-electron chi connectivity index (χ3n) is 8.73. The molecule has 1 aliphatic carbocycles. The van der Waals surface area contributed by atoms with Crippen LogP contribution in [0.1, 0.15) is 46.8 Å². The molecular formula is C40H29FN2O13S4. The summed E-state index contributed by atoms with van der Waals surface area (Å²) in [6.07, 6.45) is 0.473. The van der Waals surface area contributed by atoms with Gasteiger partial charge in [0.15, 0.2) is 0 Å². The summed E-state index contributed by atoms with van der Waals surface area (Å²) < 4.78 is 43.7. The number of allylic oxidation sites excluding steroid dienone is 2. The molecule has 0 N–H and O–H groups in total. The summed E-state index contributed by atoms with van der Waals surface area (Å²) in [5.74, 6) is -4.08. The van der Waals surface area contributed by atoms with Crippen molar-refractivity contribution in [1.82, 2.24) is 0 Å². The van der Waals surface area contributed by atoms with Crippen LogP contribution in [0, 0.1) is 29.9 Å². The number of benzene rings is 4. The van der Waals surface area contributed by atoms with Crippen molar-refractivity contribution in [3.05, 3.63) is 149 Å². The molecule has 0 saturated carbocycles. The minimum atomic E-state index is -1.75. The summed E-state index contributed by atoms with van der Waals surface area (Å²) in [6, 6.07) is 23.0. The zero-order valence-corrected chi connectivity index (χ0v) is 34.4. The maximum absolute atomic E-state index is 14.6. The highest BCUT2D eigenvalue weighted by molar-refractivity contribution is 7.84. The molecule has 15 nitrogen and oxygen atoms in total. The number of ether oxygens (including phenoxy) is 3. The molecule has 0 aliphatic heterocycles. The van der Waals surface area contributed by atoms with E-state index in [0.29, 0.717) is 31.0 Å². The van der Waals surface area contributed by atoms with Crippen LogP contribution < -0.4 is 14.2 Å². The number of carbonyl (C=O) groups is 3. The summed E-state index contributed by atoms with van der Waals surface area (Å²) >= 11 is 5.21. The molecule has 60 heavy (non-hydrogen) atoms. The van der Waals surface area contributed by atoms with Crippen LogP contribution in [0.5, 0.6) is 17.2 Å². The van der Waals surface area contributed by atoms with E-state index in [-0.39, 0.29) is 17.9 Å². The summed E-state index contributed by atoms with van der Waals surface area (Å²) in [7, 11) is 1.74. The Bertz CT molecular complexity index is 2660. The van der Waals surface area contributed by atoms with Crippen LogP contribution in [-0.2, 0) is 30.1 Å². The van der Waals surface area contributed by atoms with Crippen molar-refractivity contribution in [2.24, 2.45) is 0 Å². The minimum absolute atomic E-state index is 0.0910. The predicted octanol–water partition coefficient (Wildman–Crippen LogP) is 8.71. The van der Waals surface area contributed by atoms with Gasteiger partial charge in [0.05, 0.1) is 12.8 Å². The largest absolute Gasteiger partial charge is 0.426 e. The van der Waals surface area contributed by atoms with Crippen molar-refractivity contribution in [2.45, 2.75) is 30.8 Å². The van der Waals surface area contributed by atoms with Crippen LogP contribution >= 0.6 is 32.9 Å². The van der Waals surface area contributed by atoms with Gasteiger partial charge in [-0.05, 0) is 125 Å². The summed E-state index contributed by atoms with van der Waals surface area (Å²) in [5, 5.41) is 19.1. The fraction of sp³-hybridized carbons (Fsp3) is 0.150. The number of rotatable bonds is 16. The lowest BCUT2D eigenvalue weighted by Crippen LogP contribution is -2.29. The molecule has 2 unspecified atom stereocenters. The first kappa shape index (κ1) is 43.1. The molecule has 1 aliphatic rings. The number of halogens is 1. The van der Waals surface area contributed by atoms with Crippen molar-refractivity contribution in [2.75, 3.05) is 12.9 Å². The van der Waals surface area contributed by atoms with Crippen LogP contribution in [0.4, 0.5) is 4.39 Å². The maximum Gasteiger partial charge on any atom is 0.347 e. The Morgan fingerprint density at radius 1 is 0.850 bits per heavy atom. The molecule has 0 spiro atoms. The smallest absolute Gasteiger partial charge is 0.347 e. The Kier molecular flexibility index (Phi) is 13.7. The number of fused-ring (bicyclic) bond motifs is 1. The van der Waals surface area contributed by atoms with Crippen molar-refractivity contribution < 1.29 is 57.0 Å². The van der Waals surface area contributed by atoms with E-state index in [4.69, 9.17) is 26.4 Å². The van der Waals surface area contributed by atoms with Crippen LogP contribution in [-0.4, -0.2) is 51.3 Å². The number of hydrogen-bond acceptors (Lipinski definition) is 16. The molecule has 0 radical (unpaired) electrons. The Labute approximate surface area is 354 Å². The van der Waals surface area contributed by atoms with Crippen molar-refractivity contribution in [1.29, 1.82) is 0 Å². The average molecular weight is 893 g/mol. The average Bonchev–Trinajstić information content (AvgIpc) is 3.74. The van der Waals surface area contributed by atoms with Gasteiger partial charge in [0.2, 0.25) is 0 Å². The van der Waals surface area contributed by atoms with Crippen LogP contribution in [0.3, 0.4) is 0 Å². The highest BCUT2D eigenvalue weighted by Crippen LogP contribution is 2.44. The van der Waals surface area contributed by atoms with Gasteiger partial charge < -0.3 is 23.9 Å². The molecule has 20 heteroatoms.